The molecule has 1 aromatic rings. The Morgan fingerprint density at radius 3 is 2.52 bits per heavy atom. The minimum Gasteiger partial charge on any atom is -0.384 e. The van der Waals surface area contributed by atoms with Crippen molar-refractivity contribution in [3.63, 3.8) is 0 Å². The zero-order valence-corrected chi connectivity index (χ0v) is 15.4. The van der Waals surface area contributed by atoms with Crippen LogP contribution in [0.25, 0.3) is 0 Å². The van der Waals surface area contributed by atoms with Gasteiger partial charge in [0.1, 0.15) is 0 Å². The summed E-state index contributed by atoms with van der Waals surface area (Å²) in [6, 6.07) is 9.51. The van der Waals surface area contributed by atoms with Crippen LogP contribution in [0.15, 0.2) is 24.3 Å². The number of carbonyl (C=O) groups excluding carboxylic acids is 1. The molecule has 3 aliphatic rings. The van der Waals surface area contributed by atoms with Crippen molar-refractivity contribution in [1.29, 1.82) is 0 Å². The van der Waals surface area contributed by atoms with Crippen LogP contribution >= 0.6 is 0 Å². The van der Waals surface area contributed by atoms with E-state index >= 15 is 0 Å². The molecular weight excluding hydrogens is 312 g/mol. The molecule has 1 saturated heterocycles. The van der Waals surface area contributed by atoms with Crippen LogP contribution in [-0.2, 0) is 22.4 Å². The largest absolute Gasteiger partial charge is 0.384 e. The summed E-state index contributed by atoms with van der Waals surface area (Å²) in [7, 11) is 1.71. The lowest BCUT2D eigenvalue weighted by Crippen LogP contribution is -2.58. The summed E-state index contributed by atoms with van der Waals surface area (Å²) in [6.45, 7) is 4.37. The smallest absolute Gasteiger partial charge is 0.231 e. The molecule has 0 unspecified atom stereocenters. The molecule has 4 nitrogen and oxygen atoms in total. The van der Waals surface area contributed by atoms with E-state index < -0.39 is 0 Å². The highest BCUT2D eigenvalue weighted by atomic mass is 16.5. The molecule has 4 heteroatoms. The lowest BCUT2D eigenvalue weighted by molar-refractivity contribution is -0.154. The normalized spacial score (nSPS) is 26.0. The molecule has 0 bridgehead atoms. The zero-order valence-electron chi connectivity index (χ0n) is 15.4. The molecule has 1 atom stereocenters. The van der Waals surface area contributed by atoms with E-state index in [1.165, 1.54) is 24.0 Å². The first kappa shape index (κ1) is 17.0. The zero-order chi connectivity index (χ0) is 17.3. The number of amides is 1. The third-order valence-corrected chi connectivity index (χ3v) is 6.62. The molecule has 2 aliphatic carbocycles. The van der Waals surface area contributed by atoms with Gasteiger partial charge in [-0.15, -0.1) is 0 Å². The summed E-state index contributed by atoms with van der Waals surface area (Å²) in [5.41, 5.74) is 2.84. The highest BCUT2D eigenvalue weighted by molar-refractivity contribution is 5.84. The topological polar surface area (TPSA) is 32.8 Å². The molecule has 136 valence electrons. The van der Waals surface area contributed by atoms with Gasteiger partial charge in [-0.2, -0.15) is 0 Å². The Labute approximate surface area is 151 Å². The molecular formula is C21H30N2O2. The van der Waals surface area contributed by atoms with Crippen molar-refractivity contribution in [3.8, 4) is 0 Å². The van der Waals surface area contributed by atoms with Crippen molar-refractivity contribution < 1.29 is 9.53 Å². The summed E-state index contributed by atoms with van der Waals surface area (Å²) < 4.78 is 5.35. The summed E-state index contributed by atoms with van der Waals surface area (Å²) in [5.74, 6) is 0.342. The first-order chi connectivity index (χ1) is 12.2. The second-order valence-electron chi connectivity index (χ2n) is 8.06. The molecule has 2 fully saturated rings. The van der Waals surface area contributed by atoms with Gasteiger partial charge in [0.25, 0.3) is 0 Å². The van der Waals surface area contributed by atoms with E-state index in [4.69, 9.17) is 4.74 Å². The monoisotopic (exact) mass is 342 g/mol. The molecule has 1 saturated carbocycles. The van der Waals surface area contributed by atoms with E-state index in [0.717, 1.165) is 51.9 Å². The maximum Gasteiger partial charge on any atom is 0.231 e. The van der Waals surface area contributed by atoms with Crippen LogP contribution in [-0.4, -0.2) is 61.6 Å². The highest BCUT2D eigenvalue weighted by Crippen LogP contribution is 2.43. The van der Waals surface area contributed by atoms with Crippen LogP contribution < -0.4 is 0 Å². The van der Waals surface area contributed by atoms with E-state index in [-0.39, 0.29) is 5.41 Å². The van der Waals surface area contributed by atoms with Gasteiger partial charge in [-0.3, -0.25) is 9.69 Å². The number of hydrogen-bond acceptors (Lipinski definition) is 3. The minimum atomic E-state index is -0.208. The third kappa shape index (κ3) is 3.22. The van der Waals surface area contributed by atoms with Gasteiger partial charge in [0, 0.05) is 39.3 Å². The Morgan fingerprint density at radius 1 is 1.16 bits per heavy atom. The molecule has 4 rings (SSSR count). The van der Waals surface area contributed by atoms with Crippen LogP contribution in [0.2, 0.25) is 0 Å². The van der Waals surface area contributed by atoms with E-state index in [1.807, 2.05) is 0 Å². The summed E-state index contributed by atoms with van der Waals surface area (Å²) in [4.78, 5) is 17.7. The van der Waals surface area contributed by atoms with Crippen molar-refractivity contribution in [3.05, 3.63) is 35.4 Å². The molecule has 1 aromatic carbocycles. The van der Waals surface area contributed by atoms with Crippen molar-refractivity contribution in [2.75, 3.05) is 39.9 Å². The van der Waals surface area contributed by atoms with Gasteiger partial charge < -0.3 is 9.64 Å². The lowest BCUT2D eigenvalue weighted by atomic mass is 9.68. The molecule has 25 heavy (non-hydrogen) atoms. The van der Waals surface area contributed by atoms with Gasteiger partial charge in [-0.1, -0.05) is 30.7 Å². The molecule has 1 amide bonds. The number of aryl methyl sites for hydroxylation is 1. The second kappa shape index (κ2) is 7.08. The molecule has 0 spiro atoms. The Balaban J connectivity index is 1.34. The number of methoxy groups -OCH3 is 1. The number of rotatable bonds is 4. The SMILES string of the molecule is COCC1(C(=O)N2CCN([C@@H]3CCc4ccccc4C3)CC2)CCC1. The Morgan fingerprint density at radius 2 is 1.88 bits per heavy atom. The molecule has 0 radical (unpaired) electrons. The molecule has 0 aromatic heterocycles. The number of benzene rings is 1. The fraction of sp³-hybridized carbons (Fsp3) is 0.667. The first-order valence-corrected chi connectivity index (χ1v) is 9.81. The molecule has 1 aliphatic heterocycles. The van der Waals surface area contributed by atoms with E-state index in [2.05, 4.69) is 34.1 Å². The van der Waals surface area contributed by atoms with Crippen LogP contribution in [0.3, 0.4) is 0 Å². The lowest BCUT2D eigenvalue weighted by Gasteiger charge is -2.46. The van der Waals surface area contributed by atoms with Gasteiger partial charge in [0.2, 0.25) is 5.91 Å². The number of piperazine rings is 1. The predicted molar refractivity (Wildman–Crippen MR) is 98.6 cm³/mol. The first-order valence-electron chi connectivity index (χ1n) is 9.81. The summed E-state index contributed by atoms with van der Waals surface area (Å²) in [6.07, 6.45) is 6.77. The van der Waals surface area contributed by atoms with Gasteiger partial charge in [0.15, 0.2) is 0 Å². The van der Waals surface area contributed by atoms with E-state index in [0.29, 0.717) is 18.6 Å². The Kier molecular flexibility index (Phi) is 4.83. The van der Waals surface area contributed by atoms with Crippen molar-refractivity contribution in [2.45, 2.75) is 44.6 Å². The Bertz CT molecular complexity index is 618. The number of ether oxygens (including phenoxy) is 1. The summed E-state index contributed by atoms with van der Waals surface area (Å²) >= 11 is 0. The highest BCUT2D eigenvalue weighted by Gasteiger charge is 2.46. The van der Waals surface area contributed by atoms with Crippen LogP contribution in [0.5, 0.6) is 0 Å². The number of nitrogens with zero attached hydrogens (tertiary/aromatic N) is 2. The van der Waals surface area contributed by atoms with E-state index in [1.54, 1.807) is 7.11 Å². The average molecular weight is 342 g/mol. The van der Waals surface area contributed by atoms with Crippen LogP contribution in [0.1, 0.15) is 36.8 Å². The number of fused-ring (bicyclic) bond motifs is 1. The van der Waals surface area contributed by atoms with Crippen LogP contribution in [0.4, 0.5) is 0 Å². The second-order valence-corrected chi connectivity index (χ2v) is 8.06. The van der Waals surface area contributed by atoms with Gasteiger partial charge in [-0.25, -0.2) is 0 Å². The molecule has 1 heterocycles. The van der Waals surface area contributed by atoms with Gasteiger partial charge in [-0.05, 0) is 43.2 Å². The summed E-state index contributed by atoms with van der Waals surface area (Å²) in [5, 5.41) is 0. The van der Waals surface area contributed by atoms with Gasteiger partial charge >= 0.3 is 0 Å². The fourth-order valence-corrected chi connectivity index (χ4v) is 4.92. The van der Waals surface area contributed by atoms with Crippen molar-refractivity contribution in [1.82, 2.24) is 9.80 Å². The Hall–Kier alpha value is -1.39. The molecule has 0 N–H and O–H groups in total. The maximum absolute atomic E-state index is 13.0. The minimum absolute atomic E-state index is 0.208. The average Bonchev–Trinajstić information content (AvgIpc) is 2.64. The maximum atomic E-state index is 13.0. The van der Waals surface area contributed by atoms with E-state index in [9.17, 15) is 4.79 Å². The van der Waals surface area contributed by atoms with Crippen molar-refractivity contribution in [2.24, 2.45) is 5.41 Å². The fourth-order valence-electron chi connectivity index (χ4n) is 4.92. The number of carbonyl (C=O) groups is 1. The van der Waals surface area contributed by atoms with Crippen LogP contribution in [0, 0.1) is 5.41 Å². The van der Waals surface area contributed by atoms with Gasteiger partial charge in [0.05, 0.1) is 12.0 Å². The van der Waals surface area contributed by atoms with Crippen molar-refractivity contribution >= 4 is 5.91 Å². The third-order valence-electron chi connectivity index (χ3n) is 6.62. The number of hydrogen-bond donors (Lipinski definition) is 0. The standard InChI is InChI=1S/C21H30N2O2/c1-25-16-21(9-4-10-21)20(24)23-13-11-22(12-14-23)19-8-7-17-5-2-3-6-18(17)15-19/h2-3,5-6,19H,4,7-16H2,1H3/t19-/m1/s1. The quantitative estimate of drug-likeness (QED) is 0.843. The predicted octanol–water partition coefficient (Wildman–Crippen LogP) is 2.50.